The fraction of sp³-hybridized carbons (Fsp3) is 0.462. The Kier molecular flexibility index (Phi) is 7.16. The van der Waals surface area contributed by atoms with Crippen molar-refractivity contribution in [2.45, 2.75) is 12.8 Å². The van der Waals surface area contributed by atoms with Crippen LogP contribution in [0.4, 0.5) is 18.0 Å². The zero-order chi connectivity index (χ0) is 16.6. The van der Waals surface area contributed by atoms with Crippen molar-refractivity contribution in [3.63, 3.8) is 0 Å². The Morgan fingerprint density at radius 1 is 1.18 bits per heavy atom. The summed E-state index contributed by atoms with van der Waals surface area (Å²) >= 11 is 0. The van der Waals surface area contributed by atoms with Crippen LogP contribution >= 0.6 is 0 Å². The lowest BCUT2D eigenvalue weighted by Gasteiger charge is -2.10. The van der Waals surface area contributed by atoms with E-state index in [2.05, 4.69) is 15.4 Å². The molecule has 0 heterocycles. The van der Waals surface area contributed by atoms with Gasteiger partial charge in [0.15, 0.2) is 0 Å². The number of halogens is 3. The smallest absolute Gasteiger partial charge is 0.406 e. The van der Waals surface area contributed by atoms with Crippen LogP contribution in [0.1, 0.15) is 5.56 Å². The molecule has 22 heavy (non-hydrogen) atoms. The minimum absolute atomic E-state index is 0.283. The number of benzene rings is 1. The van der Waals surface area contributed by atoms with Crippen molar-refractivity contribution in [1.82, 2.24) is 10.6 Å². The van der Waals surface area contributed by atoms with Gasteiger partial charge in [-0.05, 0) is 24.1 Å². The first kappa shape index (κ1) is 18.3. The van der Waals surface area contributed by atoms with E-state index >= 15 is 0 Å². The van der Waals surface area contributed by atoms with Gasteiger partial charge in [-0.25, -0.2) is 4.79 Å². The van der Waals surface area contributed by atoms with Crippen LogP contribution in [0.3, 0.4) is 0 Å². The van der Waals surface area contributed by atoms with Crippen molar-refractivity contribution in [2.75, 3.05) is 25.1 Å². The lowest BCUT2D eigenvalue weighted by Crippen LogP contribution is -2.38. The fourth-order valence-corrected chi connectivity index (χ4v) is 1.94. The molecule has 0 spiro atoms. The molecule has 0 fully saturated rings. The summed E-state index contributed by atoms with van der Waals surface area (Å²) in [5.41, 5.74) is 0.768. The summed E-state index contributed by atoms with van der Waals surface area (Å²) in [5.74, 6) is 0.100. The van der Waals surface area contributed by atoms with Gasteiger partial charge in [0.2, 0.25) is 0 Å². The standard InChI is InChI=1S/C13H17F3N2O3S/c1-22(20)9-8-18-12(19)17-7-6-10-2-4-11(5-3-10)21-13(14,15)16/h2-5H,6-9H2,1H3,(H2,17,18,19)/t22-/m0/s1. The molecule has 9 heteroatoms. The van der Waals surface area contributed by atoms with Gasteiger partial charge in [-0.3, -0.25) is 4.21 Å². The third-order valence-electron chi connectivity index (χ3n) is 2.53. The average molecular weight is 338 g/mol. The fourth-order valence-electron chi connectivity index (χ4n) is 1.55. The molecule has 2 N–H and O–H groups in total. The van der Waals surface area contributed by atoms with Crippen LogP contribution in [0, 0.1) is 0 Å². The largest absolute Gasteiger partial charge is 0.573 e. The second kappa shape index (κ2) is 8.62. The summed E-state index contributed by atoms with van der Waals surface area (Å²) in [5, 5.41) is 5.14. The van der Waals surface area contributed by atoms with Crippen molar-refractivity contribution in [3.05, 3.63) is 29.8 Å². The second-order valence-electron chi connectivity index (χ2n) is 4.40. The predicted octanol–water partition coefficient (Wildman–Crippen LogP) is 1.81. The van der Waals surface area contributed by atoms with Crippen LogP contribution in [-0.2, 0) is 17.2 Å². The summed E-state index contributed by atoms with van der Waals surface area (Å²) in [6, 6.07) is 5.07. The lowest BCUT2D eigenvalue weighted by atomic mass is 10.1. The highest BCUT2D eigenvalue weighted by molar-refractivity contribution is 7.84. The summed E-state index contributed by atoms with van der Waals surface area (Å²) in [7, 11) is -0.962. The van der Waals surface area contributed by atoms with Crippen molar-refractivity contribution in [2.24, 2.45) is 0 Å². The van der Waals surface area contributed by atoms with Gasteiger partial charge >= 0.3 is 12.4 Å². The van der Waals surface area contributed by atoms with Crippen LogP contribution in [-0.4, -0.2) is 41.7 Å². The molecule has 0 radical (unpaired) electrons. The van der Waals surface area contributed by atoms with Gasteiger partial charge in [0.25, 0.3) is 0 Å². The van der Waals surface area contributed by atoms with E-state index in [1.165, 1.54) is 24.3 Å². The number of urea groups is 1. The molecule has 2 amide bonds. The molecule has 124 valence electrons. The molecule has 1 aromatic rings. The van der Waals surface area contributed by atoms with E-state index in [-0.39, 0.29) is 11.8 Å². The van der Waals surface area contributed by atoms with Crippen molar-refractivity contribution in [3.8, 4) is 5.75 Å². The molecule has 0 unspecified atom stereocenters. The van der Waals surface area contributed by atoms with Gasteiger partial charge in [0.1, 0.15) is 5.75 Å². The maximum absolute atomic E-state index is 12.0. The number of carbonyl (C=O) groups excluding carboxylic acids is 1. The number of ether oxygens (including phenoxy) is 1. The first-order valence-electron chi connectivity index (χ1n) is 6.42. The highest BCUT2D eigenvalue weighted by atomic mass is 32.2. The van der Waals surface area contributed by atoms with E-state index in [0.29, 0.717) is 25.3 Å². The van der Waals surface area contributed by atoms with Crippen molar-refractivity contribution >= 4 is 16.8 Å². The van der Waals surface area contributed by atoms with E-state index in [1.54, 1.807) is 6.26 Å². The molecule has 0 bridgehead atoms. The summed E-state index contributed by atoms with van der Waals surface area (Å²) in [6.45, 7) is 0.652. The van der Waals surface area contributed by atoms with E-state index in [0.717, 1.165) is 5.56 Å². The molecule has 0 aliphatic rings. The van der Waals surface area contributed by atoms with Gasteiger partial charge in [0, 0.05) is 35.9 Å². The molecular weight excluding hydrogens is 321 g/mol. The van der Waals surface area contributed by atoms with Gasteiger partial charge in [-0.2, -0.15) is 0 Å². The van der Waals surface area contributed by atoms with Crippen LogP contribution in [0.25, 0.3) is 0 Å². The quantitative estimate of drug-likeness (QED) is 0.797. The third kappa shape index (κ3) is 8.50. The predicted molar refractivity (Wildman–Crippen MR) is 77.2 cm³/mol. The number of nitrogens with one attached hydrogen (secondary N) is 2. The Balaban J connectivity index is 2.27. The maximum atomic E-state index is 12.0. The molecule has 0 saturated heterocycles. The summed E-state index contributed by atoms with van der Waals surface area (Å²) < 4.78 is 50.5. The van der Waals surface area contributed by atoms with E-state index in [4.69, 9.17) is 0 Å². The molecule has 0 aromatic heterocycles. The van der Waals surface area contributed by atoms with Crippen molar-refractivity contribution < 1.29 is 26.9 Å². The zero-order valence-corrected chi connectivity index (χ0v) is 12.7. The molecule has 1 rings (SSSR count). The highest BCUT2D eigenvalue weighted by Crippen LogP contribution is 2.22. The van der Waals surface area contributed by atoms with Crippen LogP contribution < -0.4 is 15.4 Å². The van der Waals surface area contributed by atoms with Gasteiger partial charge in [-0.15, -0.1) is 13.2 Å². The molecule has 0 aliphatic heterocycles. The monoisotopic (exact) mass is 338 g/mol. The van der Waals surface area contributed by atoms with E-state index in [9.17, 15) is 22.2 Å². The van der Waals surface area contributed by atoms with Crippen molar-refractivity contribution in [1.29, 1.82) is 0 Å². The van der Waals surface area contributed by atoms with Crippen LogP contribution in [0.2, 0.25) is 0 Å². The maximum Gasteiger partial charge on any atom is 0.573 e. The number of alkyl halides is 3. The Morgan fingerprint density at radius 2 is 1.77 bits per heavy atom. The topological polar surface area (TPSA) is 67.4 Å². The van der Waals surface area contributed by atoms with Gasteiger partial charge in [-0.1, -0.05) is 12.1 Å². The number of hydrogen-bond donors (Lipinski definition) is 2. The first-order valence-corrected chi connectivity index (χ1v) is 8.15. The Bertz CT molecular complexity index is 506. The van der Waals surface area contributed by atoms with Gasteiger partial charge < -0.3 is 15.4 Å². The summed E-state index contributed by atoms with van der Waals surface area (Å²) in [6.07, 6.45) is -2.69. The Morgan fingerprint density at radius 3 is 2.32 bits per heavy atom. The van der Waals surface area contributed by atoms with Crippen LogP contribution in [0.5, 0.6) is 5.75 Å². The van der Waals surface area contributed by atoms with Crippen LogP contribution in [0.15, 0.2) is 24.3 Å². The number of hydrogen-bond acceptors (Lipinski definition) is 3. The molecule has 1 atom stereocenters. The second-order valence-corrected chi connectivity index (χ2v) is 5.96. The summed E-state index contributed by atoms with van der Waals surface area (Å²) in [4.78, 5) is 11.4. The minimum Gasteiger partial charge on any atom is -0.406 e. The van der Waals surface area contributed by atoms with E-state index < -0.39 is 17.2 Å². The van der Waals surface area contributed by atoms with E-state index in [1.807, 2.05) is 0 Å². The SMILES string of the molecule is C[S@](=O)CCNC(=O)NCCc1ccc(OC(F)(F)F)cc1. The molecule has 5 nitrogen and oxygen atoms in total. The lowest BCUT2D eigenvalue weighted by molar-refractivity contribution is -0.274. The molecule has 0 aliphatic carbocycles. The van der Waals surface area contributed by atoms with Gasteiger partial charge in [0.05, 0.1) is 0 Å². The molecule has 1 aromatic carbocycles. The molecular formula is C13H17F3N2O3S. The molecule has 0 saturated carbocycles. The first-order chi connectivity index (χ1) is 10.3. The Hall–Kier alpha value is -1.77. The normalized spacial score (nSPS) is 12.5. The number of rotatable bonds is 7. The average Bonchev–Trinajstić information content (AvgIpc) is 2.38. The number of amides is 2. The minimum atomic E-state index is -4.71. The zero-order valence-electron chi connectivity index (χ0n) is 11.9. The highest BCUT2D eigenvalue weighted by Gasteiger charge is 2.30. The third-order valence-corrected chi connectivity index (χ3v) is 3.31. The Labute approximate surface area is 128 Å². The number of carbonyl (C=O) groups is 1.